The zero-order chi connectivity index (χ0) is 17.8. The smallest absolute Gasteiger partial charge is 0.342 e. The molecule has 0 spiro atoms. The molecule has 0 radical (unpaired) electrons. The highest BCUT2D eigenvalue weighted by Crippen LogP contribution is 2.25. The Morgan fingerprint density at radius 2 is 2.00 bits per heavy atom. The molecule has 128 valence electrons. The average molecular weight is 360 g/mol. The topological polar surface area (TPSA) is 81.8 Å². The van der Waals surface area contributed by atoms with Crippen molar-refractivity contribution >= 4 is 17.6 Å². The van der Waals surface area contributed by atoms with Crippen LogP contribution >= 0.6 is 11.6 Å². The molecule has 0 aliphatic carbocycles. The number of rotatable bonds is 5. The number of benzene rings is 2. The molecule has 0 fully saturated rings. The Morgan fingerprint density at radius 1 is 1.24 bits per heavy atom. The summed E-state index contributed by atoms with van der Waals surface area (Å²) in [6.07, 6.45) is 1.54. The highest BCUT2D eigenvalue weighted by atomic mass is 35.5. The summed E-state index contributed by atoms with van der Waals surface area (Å²) in [4.78, 5) is 16.1. The molecule has 1 aromatic heterocycles. The predicted octanol–water partition coefficient (Wildman–Crippen LogP) is 4.07. The fourth-order valence-electron chi connectivity index (χ4n) is 2.14. The first kappa shape index (κ1) is 16.9. The molecule has 0 aliphatic heterocycles. The van der Waals surface area contributed by atoms with E-state index in [1.54, 1.807) is 30.3 Å². The van der Waals surface area contributed by atoms with Gasteiger partial charge < -0.3 is 19.0 Å². The molecule has 0 atom stereocenters. The largest absolute Gasteiger partial charge is 0.507 e. The Bertz CT molecular complexity index is 889. The predicted molar refractivity (Wildman–Crippen MR) is 90.7 cm³/mol. The van der Waals surface area contributed by atoms with Gasteiger partial charge in [-0.15, -0.1) is 0 Å². The number of oxazole rings is 1. The third kappa shape index (κ3) is 3.92. The molecule has 3 aromatic rings. The van der Waals surface area contributed by atoms with Gasteiger partial charge in [0.05, 0.1) is 13.3 Å². The Hall–Kier alpha value is -2.99. The first-order valence-electron chi connectivity index (χ1n) is 7.31. The van der Waals surface area contributed by atoms with Crippen LogP contribution in [0.4, 0.5) is 0 Å². The number of nitrogens with zero attached hydrogens (tertiary/aromatic N) is 1. The fraction of sp³-hybridized carbons (Fsp3) is 0.111. The molecule has 0 bridgehead atoms. The number of esters is 1. The molecule has 0 saturated carbocycles. The van der Waals surface area contributed by atoms with E-state index >= 15 is 0 Å². The van der Waals surface area contributed by atoms with E-state index < -0.39 is 5.97 Å². The minimum absolute atomic E-state index is 0.0327. The number of carbonyl (C=O) groups is 1. The average Bonchev–Trinajstić information content (AvgIpc) is 3.09. The van der Waals surface area contributed by atoms with Crippen LogP contribution in [0, 0.1) is 0 Å². The van der Waals surface area contributed by atoms with Gasteiger partial charge in [-0.2, -0.15) is 0 Å². The van der Waals surface area contributed by atoms with Crippen molar-refractivity contribution in [1.82, 2.24) is 4.98 Å². The molecular weight excluding hydrogens is 346 g/mol. The van der Waals surface area contributed by atoms with Gasteiger partial charge in [-0.3, -0.25) is 0 Å². The van der Waals surface area contributed by atoms with Crippen molar-refractivity contribution in [2.24, 2.45) is 0 Å². The lowest BCUT2D eigenvalue weighted by Crippen LogP contribution is -2.05. The summed E-state index contributed by atoms with van der Waals surface area (Å²) in [7, 11) is 1.47. The number of carbonyl (C=O) groups excluding carboxylic acids is 1. The Labute approximate surface area is 148 Å². The Morgan fingerprint density at radius 3 is 2.68 bits per heavy atom. The second-order valence-electron chi connectivity index (χ2n) is 5.08. The molecule has 6 nitrogen and oxygen atoms in total. The molecule has 25 heavy (non-hydrogen) atoms. The summed E-state index contributed by atoms with van der Waals surface area (Å²) in [6, 6.07) is 11.4. The minimum Gasteiger partial charge on any atom is -0.507 e. The van der Waals surface area contributed by atoms with Crippen LogP contribution in [0.25, 0.3) is 11.3 Å². The minimum atomic E-state index is -0.689. The van der Waals surface area contributed by atoms with Crippen molar-refractivity contribution < 1.29 is 23.8 Å². The number of halogens is 1. The summed E-state index contributed by atoms with van der Waals surface area (Å²) in [5.41, 5.74) is 0.840. The van der Waals surface area contributed by atoms with Gasteiger partial charge in [0.1, 0.15) is 17.1 Å². The zero-order valence-corrected chi connectivity index (χ0v) is 14.0. The quantitative estimate of drug-likeness (QED) is 0.691. The molecule has 0 amide bonds. The molecule has 1 N–H and O–H groups in total. The van der Waals surface area contributed by atoms with Crippen LogP contribution in [0.2, 0.25) is 5.02 Å². The van der Waals surface area contributed by atoms with E-state index in [0.29, 0.717) is 16.5 Å². The monoisotopic (exact) mass is 359 g/mol. The van der Waals surface area contributed by atoms with Gasteiger partial charge in [-0.25, -0.2) is 9.78 Å². The van der Waals surface area contributed by atoms with Crippen LogP contribution in [0.15, 0.2) is 53.1 Å². The second-order valence-corrected chi connectivity index (χ2v) is 5.52. The molecule has 0 unspecified atom stereocenters. The van der Waals surface area contributed by atoms with Gasteiger partial charge in [0.25, 0.3) is 0 Å². The van der Waals surface area contributed by atoms with E-state index in [-0.39, 0.29) is 23.8 Å². The number of phenolic OH excluding ortho intramolecular Hbond substituents is 1. The number of methoxy groups -OCH3 is 1. The van der Waals surface area contributed by atoms with Gasteiger partial charge >= 0.3 is 5.97 Å². The highest BCUT2D eigenvalue weighted by Gasteiger charge is 2.15. The first-order chi connectivity index (χ1) is 12.1. The van der Waals surface area contributed by atoms with Gasteiger partial charge in [0.15, 0.2) is 12.4 Å². The van der Waals surface area contributed by atoms with E-state index in [2.05, 4.69) is 4.98 Å². The van der Waals surface area contributed by atoms with Gasteiger partial charge in [0, 0.05) is 16.7 Å². The van der Waals surface area contributed by atoms with Crippen molar-refractivity contribution in [3.8, 4) is 22.8 Å². The van der Waals surface area contributed by atoms with Crippen molar-refractivity contribution in [3.05, 3.63) is 65.1 Å². The number of aromatic nitrogens is 1. The summed E-state index contributed by atoms with van der Waals surface area (Å²) >= 11 is 5.85. The lowest BCUT2D eigenvalue weighted by Gasteiger charge is -2.06. The summed E-state index contributed by atoms with van der Waals surface area (Å²) in [6.45, 7) is -0.155. The SMILES string of the molecule is COc1ccc(C(=O)OCc2ncc(-c3ccc(Cl)cc3)o2)c(O)c1. The maximum Gasteiger partial charge on any atom is 0.342 e. The van der Waals surface area contributed by atoms with Gasteiger partial charge in [-0.05, 0) is 36.4 Å². The number of hydrogen-bond donors (Lipinski definition) is 1. The molecule has 2 aromatic carbocycles. The van der Waals surface area contributed by atoms with Crippen LogP contribution in [-0.2, 0) is 11.3 Å². The van der Waals surface area contributed by atoms with Crippen LogP contribution in [0.3, 0.4) is 0 Å². The Kier molecular flexibility index (Phi) is 4.90. The molecule has 0 saturated heterocycles. The molecule has 3 rings (SSSR count). The summed E-state index contributed by atoms with van der Waals surface area (Å²) in [5.74, 6) is 0.306. The molecular formula is C18H14ClNO5. The lowest BCUT2D eigenvalue weighted by atomic mass is 10.2. The number of aromatic hydroxyl groups is 1. The normalized spacial score (nSPS) is 10.5. The zero-order valence-electron chi connectivity index (χ0n) is 13.2. The first-order valence-corrected chi connectivity index (χ1v) is 7.69. The van der Waals surface area contributed by atoms with Crippen molar-refractivity contribution in [2.75, 3.05) is 7.11 Å². The third-order valence-electron chi connectivity index (χ3n) is 3.43. The number of phenols is 1. The Balaban J connectivity index is 1.66. The van der Waals surface area contributed by atoms with Crippen LogP contribution in [0.5, 0.6) is 11.5 Å². The maximum atomic E-state index is 12.0. The van der Waals surface area contributed by atoms with E-state index in [1.165, 1.54) is 25.4 Å². The lowest BCUT2D eigenvalue weighted by molar-refractivity contribution is 0.0435. The van der Waals surface area contributed by atoms with Crippen LogP contribution in [0.1, 0.15) is 16.2 Å². The van der Waals surface area contributed by atoms with Crippen molar-refractivity contribution in [1.29, 1.82) is 0 Å². The molecule has 0 aliphatic rings. The van der Waals surface area contributed by atoms with Crippen molar-refractivity contribution in [3.63, 3.8) is 0 Å². The summed E-state index contributed by atoms with van der Waals surface area (Å²) < 4.78 is 15.6. The molecule has 1 heterocycles. The van der Waals surface area contributed by atoms with Crippen molar-refractivity contribution in [2.45, 2.75) is 6.61 Å². The molecule has 7 heteroatoms. The maximum absolute atomic E-state index is 12.0. The second kappa shape index (κ2) is 7.27. The highest BCUT2D eigenvalue weighted by molar-refractivity contribution is 6.30. The number of hydrogen-bond acceptors (Lipinski definition) is 6. The van der Waals surface area contributed by atoms with Gasteiger partial charge in [0.2, 0.25) is 5.89 Å². The van der Waals surface area contributed by atoms with E-state index in [9.17, 15) is 9.90 Å². The van der Waals surface area contributed by atoms with Crippen LogP contribution in [-0.4, -0.2) is 23.2 Å². The van der Waals surface area contributed by atoms with E-state index in [1.807, 2.05) is 0 Å². The van der Waals surface area contributed by atoms with Gasteiger partial charge in [-0.1, -0.05) is 11.6 Å². The standard InChI is InChI=1S/C18H14ClNO5/c1-23-13-6-7-14(15(21)8-13)18(22)24-10-17-20-9-16(25-17)11-2-4-12(19)5-3-11/h2-9,21H,10H2,1H3. The number of ether oxygens (including phenoxy) is 2. The van der Waals surface area contributed by atoms with E-state index in [0.717, 1.165) is 5.56 Å². The van der Waals surface area contributed by atoms with E-state index in [4.69, 9.17) is 25.5 Å². The fourth-order valence-corrected chi connectivity index (χ4v) is 2.27. The third-order valence-corrected chi connectivity index (χ3v) is 3.69. The van der Waals surface area contributed by atoms with Crippen LogP contribution < -0.4 is 4.74 Å². The summed E-state index contributed by atoms with van der Waals surface area (Å²) in [5, 5.41) is 10.5.